The van der Waals surface area contributed by atoms with E-state index in [4.69, 9.17) is 4.74 Å². The minimum absolute atomic E-state index is 0.0661. The molecular weight excluding hydrogens is 437 g/mol. The number of amides is 1. The van der Waals surface area contributed by atoms with Gasteiger partial charge in [-0.05, 0) is 37.3 Å². The molecule has 0 saturated heterocycles. The Morgan fingerprint density at radius 3 is 2.26 bits per heavy atom. The van der Waals surface area contributed by atoms with Crippen molar-refractivity contribution < 1.29 is 23.5 Å². The highest BCUT2D eigenvalue weighted by molar-refractivity contribution is 6.14. The van der Waals surface area contributed by atoms with Crippen molar-refractivity contribution in [2.45, 2.75) is 6.92 Å². The number of carbonyl (C=O) groups excluding carboxylic acids is 3. The second-order valence-corrected chi connectivity index (χ2v) is 7.42. The molecule has 0 aliphatic rings. The van der Waals surface area contributed by atoms with Crippen molar-refractivity contribution in [1.82, 2.24) is 9.78 Å². The third-order valence-electron chi connectivity index (χ3n) is 4.93. The lowest BCUT2D eigenvalue weighted by Gasteiger charge is -2.11. The molecule has 1 N–H and O–H groups in total. The van der Waals surface area contributed by atoms with E-state index >= 15 is 0 Å². The van der Waals surface area contributed by atoms with E-state index in [-0.39, 0.29) is 16.9 Å². The van der Waals surface area contributed by atoms with Gasteiger partial charge in [-0.3, -0.25) is 9.59 Å². The first-order valence-electron chi connectivity index (χ1n) is 10.4. The molecule has 0 saturated carbocycles. The smallest absolute Gasteiger partial charge is 0.339 e. The van der Waals surface area contributed by atoms with Crippen LogP contribution in [0.1, 0.15) is 32.0 Å². The lowest BCUT2D eigenvalue weighted by Crippen LogP contribution is -2.23. The van der Waals surface area contributed by atoms with Gasteiger partial charge in [0.2, 0.25) is 0 Å². The number of nitrogens with one attached hydrogen (secondary N) is 1. The number of hydrogen-bond donors (Lipinski definition) is 1. The van der Waals surface area contributed by atoms with Crippen molar-refractivity contribution in [1.29, 1.82) is 0 Å². The molecule has 0 bridgehead atoms. The Morgan fingerprint density at radius 1 is 0.912 bits per heavy atom. The second kappa shape index (κ2) is 9.91. The van der Waals surface area contributed by atoms with E-state index in [0.717, 1.165) is 0 Å². The molecule has 0 aliphatic heterocycles. The highest BCUT2D eigenvalue weighted by Gasteiger charge is 2.20. The molecule has 4 aromatic rings. The van der Waals surface area contributed by atoms with Gasteiger partial charge in [0.1, 0.15) is 11.6 Å². The Bertz CT molecular complexity index is 1350. The number of carbonyl (C=O) groups is 3. The highest BCUT2D eigenvalue weighted by Crippen LogP contribution is 2.18. The molecule has 0 unspecified atom stereocenters. The van der Waals surface area contributed by atoms with Gasteiger partial charge in [0, 0.05) is 17.2 Å². The van der Waals surface area contributed by atoms with Crippen LogP contribution in [0.2, 0.25) is 0 Å². The number of hydrogen-bond acceptors (Lipinski definition) is 5. The van der Waals surface area contributed by atoms with Crippen molar-refractivity contribution in [3.8, 4) is 5.69 Å². The van der Waals surface area contributed by atoms with Crippen LogP contribution >= 0.6 is 0 Å². The summed E-state index contributed by atoms with van der Waals surface area (Å²) in [6.07, 6.45) is 0. The van der Waals surface area contributed by atoms with Crippen LogP contribution in [0.15, 0.2) is 84.9 Å². The summed E-state index contributed by atoms with van der Waals surface area (Å²) in [5, 5.41) is 6.94. The number of benzene rings is 3. The van der Waals surface area contributed by atoms with E-state index in [1.54, 1.807) is 55.5 Å². The molecule has 34 heavy (non-hydrogen) atoms. The Kier molecular flexibility index (Phi) is 6.59. The van der Waals surface area contributed by atoms with E-state index in [2.05, 4.69) is 10.4 Å². The third kappa shape index (κ3) is 5.07. The van der Waals surface area contributed by atoms with E-state index in [0.29, 0.717) is 22.8 Å². The van der Waals surface area contributed by atoms with Crippen LogP contribution in [-0.4, -0.2) is 34.0 Å². The van der Waals surface area contributed by atoms with Crippen molar-refractivity contribution in [2.75, 3.05) is 11.9 Å². The molecule has 0 radical (unpaired) electrons. The zero-order valence-electron chi connectivity index (χ0n) is 18.2. The molecule has 1 heterocycles. The topological polar surface area (TPSA) is 90.3 Å². The predicted octanol–water partition coefficient (Wildman–Crippen LogP) is 4.35. The third-order valence-corrected chi connectivity index (χ3v) is 4.93. The van der Waals surface area contributed by atoms with Gasteiger partial charge in [0.05, 0.1) is 16.9 Å². The highest BCUT2D eigenvalue weighted by atomic mass is 19.1. The van der Waals surface area contributed by atoms with Crippen LogP contribution < -0.4 is 5.32 Å². The summed E-state index contributed by atoms with van der Waals surface area (Å²) in [6.45, 7) is 1.18. The minimum atomic E-state index is -0.793. The molecule has 7 nitrogen and oxygen atoms in total. The largest absolute Gasteiger partial charge is 0.452 e. The van der Waals surface area contributed by atoms with Gasteiger partial charge in [0.15, 0.2) is 12.4 Å². The summed E-state index contributed by atoms with van der Waals surface area (Å²) in [6, 6.07) is 22.1. The molecule has 8 heteroatoms. The van der Waals surface area contributed by atoms with E-state index in [9.17, 15) is 18.8 Å². The van der Waals surface area contributed by atoms with Crippen LogP contribution in [0, 0.1) is 12.7 Å². The Balaban J connectivity index is 1.45. The fourth-order valence-electron chi connectivity index (χ4n) is 3.36. The number of rotatable bonds is 7. The summed E-state index contributed by atoms with van der Waals surface area (Å²) in [4.78, 5) is 38.0. The van der Waals surface area contributed by atoms with E-state index in [1.807, 2.05) is 0 Å². The Hall–Kier alpha value is -4.59. The van der Waals surface area contributed by atoms with Crippen LogP contribution in [-0.2, 0) is 9.53 Å². The summed E-state index contributed by atoms with van der Waals surface area (Å²) in [5.41, 5.74) is 1.87. The van der Waals surface area contributed by atoms with Gasteiger partial charge in [-0.1, -0.05) is 48.5 Å². The van der Waals surface area contributed by atoms with Gasteiger partial charge in [-0.25, -0.2) is 13.9 Å². The van der Waals surface area contributed by atoms with Gasteiger partial charge in [-0.15, -0.1) is 0 Å². The number of nitrogens with zero attached hydrogens (tertiary/aromatic N) is 2. The van der Waals surface area contributed by atoms with Crippen LogP contribution in [0.5, 0.6) is 0 Å². The zero-order chi connectivity index (χ0) is 24.1. The van der Waals surface area contributed by atoms with Gasteiger partial charge in [-0.2, -0.15) is 5.10 Å². The summed E-state index contributed by atoms with van der Waals surface area (Å²) >= 11 is 0. The number of ketones is 1. The number of anilines is 1. The van der Waals surface area contributed by atoms with Crippen molar-refractivity contribution in [3.63, 3.8) is 0 Å². The molecule has 4 rings (SSSR count). The molecule has 1 amide bonds. The average Bonchev–Trinajstić information content (AvgIpc) is 3.22. The quantitative estimate of drug-likeness (QED) is 0.329. The lowest BCUT2D eigenvalue weighted by atomic mass is 9.98. The molecular formula is C26H20FN3O4. The Morgan fingerprint density at radius 2 is 1.56 bits per heavy atom. The Labute approximate surface area is 194 Å². The fraction of sp³-hybridized carbons (Fsp3) is 0.0769. The summed E-state index contributed by atoms with van der Waals surface area (Å²) in [5.74, 6) is -1.76. The average molecular weight is 457 g/mol. The van der Waals surface area contributed by atoms with Gasteiger partial charge >= 0.3 is 5.97 Å². The van der Waals surface area contributed by atoms with Crippen molar-refractivity contribution in [3.05, 3.63) is 113 Å². The molecule has 3 aromatic carbocycles. The SMILES string of the molecule is Cc1cc(NC(=O)COC(=O)c2ccccc2C(=O)c2ccccc2)n(-c2ccc(F)cc2)n1. The number of aryl methyl sites for hydroxylation is 1. The number of esters is 1. The first kappa shape index (κ1) is 22.6. The normalized spacial score (nSPS) is 10.5. The first-order chi connectivity index (χ1) is 16.4. The standard InChI is InChI=1S/C26H20FN3O4/c1-17-15-23(30(29-17)20-13-11-19(27)12-14-20)28-24(31)16-34-26(33)22-10-6-5-9-21(22)25(32)18-7-3-2-4-8-18/h2-15H,16H2,1H3,(H,28,31). The molecule has 0 atom stereocenters. The maximum atomic E-state index is 13.2. The first-order valence-corrected chi connectivity index (χ1v) is 10.4. The van der Waals surface area contributed by atoms with Gasteiger partial charge in [0.25, 0.3) is 5.91 Å². The van der Waals surface area contributed by atoms with E-state index in [1.165, 1.54) is 41.1 Å². The molecule has 1 aromatic heterocycles. The van der Waals surface area contributed by atoms with Crippen LogP contribution in [0.4, 0.5) is 10.2 Å². The minimum Gasteiger partial charge on any atom is -0.452 e. The molecule has 0 fully saturated rings. The number of halogens is 1. The lowest BCUT2D eigenvalue weighted by molar-refractivity contribution is -0.119. The van der Waals surface area contributed by atoms with E-state index < -0.39 is 24.3 Å². The predicted molar refractivity (Wildman–Crippen MR) is 123 cm³/mol. The van der Waals surface area contributed by atoms with Crippen LogP contribution in [0.3, 0.4) is 0 Å². The maximum Gasteiger partial charge on any atom is 0.339 e. The fourth-order valence-corrected chi connectivity index (χ4v) is 3.36. The second-order valence-electron chi connectivity index (χ2n) is 7.42. The van der Waals surface area contributed by atoms with Crippen molar-refractivity contribution >= 4 is 23.5 Å². The van der Waals surface area contributed by atoms with Crippen LogP contribution in [0.25, 0.3) is 5.69 Å². The van der Waals surface area contributed by atoms with Gasteiger partial charge < -0.3 is 10.1 Å². The maximum absolute atomic E-state index is 13.2. The number of ether oxygens (including phenoxy) is 1. The van der Waals surface area contributed by atoms with Crippen molar-refractivity contribution in [2.24, 2.45) is 0 Å². The zero-order valence-corrected chi connectivity index (χ0v) is 18.2. The molecule has 170 valence electrons. The number of aromatic nitrogens is 2. The molecule has 0 spiro atoms. The summed E-state index contributed by atoms with van der Waals surface area (Å²) < 4.78 is 19.9. The molecule has 0 aliphatic carbocycles. The monoisotopic (exact) mass is 457 g/mol. The summed E-state index contributed by atoms with van der Waals surface area (Å²) in [7, 11) is 0.